The Bertz CT molecular complexity index is 791. The lowest BCUT2D eigenvalue weighted by Gasteiger charge is -2.30. The molecule has 0 saturated carbocycles. The second-order valence-corrected chi connectivity index (χ2v) is 6.19. The summed E-state index contributed by atoms with van der Waals surface area (Å²) in [5.74, 6) is 0.327. The summed E-state index contributed by atoms with van der Waals surface area (Å²) in [7, 11) is 0. The number of rotatable bonds is 2. The van der Waals surface area contributed by atoms with Gasteiger partial charge in [-0.15, -0.1) is 11.3 Å². The number of hydrogen-bond acceptors (Lipinski definition) is 5. The summed E-state index contributed by atoms with van der Waals surface area (Å²) in [5, 5.41) is 12.7. The van der Waals surface area contributed by atoms with Gasteiger partial charge in [-0.2, -0.15) is 0 Å². The van der Waals surface area contributed by atoms with Crippen LogP contribution in [0.5, 0.6) is 5.75 Å². The number of amides is 1. The first-order valence-electron chi connectivity index (χ1n) is 6.77. The van der Waals surface area contributed by atoms with E-state index in [4.69, 9.17) is 27.5 Å². The molecule has 9 heteroatoms. The molecule has 1 amide bonds. The number of benzene rings is 1. The molecule has 0 radical (unpaired) electrons. The first kappa shape index (κ1) is 15.6. The quantitative estimate of drug-likeness (QED) is 0.569. The van der Waals surface area contributed by atoms with E-state index in [1.54, 1.807) is 17.0 Å². The van der Waals surface area contributed by atoms with E-state index in [1.165, 1.54) is 18.3 Å². The Morgan fingerprint density at radius 2 is 2.35 bits per heavy atom. The Kier molecular flexibility index (Phi) is 4.10. The summed E-state index contributed by atoms with van der Waals surface area (Å²) in [6, 6.07) is 3.46. The minimum absolute atomic E-state index is 0.0695. The smallest absolute Gasteiger partial charge is 0.224 e. The van der Waals surface area contributed by atoms with Crippen molar-refractivity contribution in [3.8, 4) is 17.0 Å². The van der Waals surface area contributed by atoms with Crippen LogP contribution in [0, 0.1) is 5.41 Å². The Balaban J connectivity index is 2.08. The first-order valence-corrected chi connectivity index (χ1v) is 8.03. The molecule has 1 aromatic carbocycles. The van der Waals surface area contributed by atoms with E-state index in [0.717, 1.165) is 0 Å². The van der Waals surface area contributed by atoms with Crippen LogP contribution in [-0.2, 0) is 4.79 Å². The number of anilines is 2. The van der Waals surface area contributed by atoms with Crippen LogP contribution in [0.4, 0.5) is 10.8 Å². The fraction of sp³-hybridized carbons (Fsp3) is 0.214. The van der Waals surface area contributed by atoms with Crippen LogP contribution in [0.3, 0.4) is 0 Å². The van der Waals surface area contributed by atoms with Gasteiger partial charge in [0.2, 0.25) is 5.91 Å². The van der Waals surface area contributed by atoms with Gasteiger partial charge < -0.3 is 20.7 Å². The van der Waals surface area contributed by atoms with Crippen LogP contribution in [0.1, 0.15) is 6.92 Å². The van der Waals surface area contributed by atoms with Gasteiger partial charge in [-0.1, -0.05) is 11.6 Å². The van der Waals surface area contributed by atoms with Crippen molar-refractivity contribution in [3.05, 3.63) is 22.5 Å². The Hall–Kier alpha value is -2.32. The molecule has 0 spiro atoms. The predicted octanol–water partition coefficient (Wildman–Crippen LogP) is 2.51. The number of nitrogens with zero attached hydrogens (tertiary/aromatic N) is 2. The zero-order valence-corrected chi connectivity index (χ0v) is 13.8. The van der Waals surface area contributed by atoms with Gasteiger partial charge in [0.25, 0.3) is 0 Å². The first-order chi connectivity index (χ1) is 11.0. The lowest BCUT2D eigenvalue weighted by molar-refractivity contribution is -0.116. The molecule has 0 bridgehead atoms. The maximum atomic E-state index is 11.8. The molecule has 4 N–H and O–H groups in total. The minimum atomic E-state index is -0.182. The van der Waals surface area contributed by atoms with Crippen LogP contribution >= 0.6 is 22.9 Å². The predicted molar refractivity (Wildman–Crippen MR) is 91.6 cm³/mol. The van der Waals surface area contributed by atoms with Crippen molar-refractivity contribution >= 4 is 45.6 Å². The van der Waals surface area contributed by atoms with Crippen molar-refractivity contribution in [2.45, 2.75) is 6.92 Å². The Morgan fingerprint density at radius 3 is 3.04 bits per heavy atom. The van der Waals surface area contributed by atoms with Gasteiger partial charge in [-0.25, -0.2) is 4.98 Å². The van der Waals surface area contributed by atoms with E-state index >= 15 is 0 Å². The maximum Gasteiger partial charge on any atom is 0.224 e. The van der Waals surface area contributed by atoms with Crippen molar-refractivity contribution in [2.75, 3.05) is 23.4 Å². The molecule has 1 aromatic heterocycles. The second kappa shape index (κ2) is 6.05. The summed E-state index contributed by atoms with van der Waals surface area (Å²) in [4.78, 5) is 17.8. The number of hydrogen-bond donors (Lipinski definition) is 3. The molecule has 2 heterocycles. The highest BCUT2D eigenvalue weighted by Gasteiger charge is 2.26. The summed E-state index contributed by atoms with van der Waals surface area (Å²) in [6.07, 6.45) is 0. The van der Waals surface area contributed by atoms with Crippen LogP contribution in [0.25, 0.3) is 11.3 Å². The van der Waals surface area contributed by atoms with E-state index in [9.17, 15) is 4.79 Å². The molecule has 0 atom stereocenters. The molecule has 0 fully saturated rings. The number of nitrogens with one attached hydrogen (secondary N) is 2. The van der Waals surface area contributed by atoms with Gasteiger partial charge in [0.1, 0.15) is 6.61 Å². The highest BCUT2D eigenvalue weighted by molar-refractivity contribution is 7.14. The zero-order chi connectivity index (χ0) is 16.6. The molecule has 1 aliphatic heterocycles. The van der Waals surface area contributed by atoms with Crippen molar-refractivity contribution in [2.24, 2.45) is 5.73 Å². The van der Waals surface area contributed by atoms with E-state index in [1.807, 2.05) is 5.38 Å². The molecule has 2 aromatic rings. The number of ether oxygens (including phenoxy) is 1. The third kappa shape index (κ3) is 3.08. The van der Waals surface area contributed by atoms with Crippen LogP contribution in [0.15, 0.2) is 17.5 Å². The van der Waals surface area contributed by atoms with Crippen molar-refractivity contribution in [3.63, 3.8) is 0 Å². The molecular weight excluding hydrogens is 338 g/mol. The van der Waals surface area contributed by atoms with Crippen LogP contribution < -0.4 is 20.7 Å². The van der Waals surface area contributed by atoms with E-state index < -0.39 is 0 Å². The summed E-state index contributed by atoms with van der Waals surface area (Å²) >= 11 is 7.52. The van der Waals surface area contributed by atoms with Crippen molar-refractivity contribution in [1.29, 1.82) is 5.41 Å². The molecule has 0 unspecified atom stereocenters. The minimum Gasteiger partial charge on any atom is -0.489 e. The monoisotopic (exact) mass is 351 g/mol. The fourth-order valence-corrected chi connectivity index (χ4v) is 3.31. The van der Waals surface area contributed by atoms with E-state index in [0.29, 0.717) is 46.0 Å². The molecule has 7 nitrogen and oxygen atoms in total. The fourth-order valence-electron chi connectivity index (χ4n) is 2.38. The maximum absolute atomic E-state index is 11.8. The highest BCUT2D eigenvalue weighted by atomic mass is 35.5. The topological polar surface area (TPSA) is 104 Å². The molecule has 0 aliphatic carbocycles. The zero-order valence-electron chi connectivity index (χ0n) is 12.2. The lowest BCUT2D eigenvalue weighted by Crippen LogP contribution is -2.36. The number of guanidine groups is 1. The molecule has 120 valence electrons. The normalized spacial score (nSPS) is 13.2. The molecule has 3 rings (SSSR count). The third-order valence-corrected chi connectivity index (χ3v) is 4.26. The molecule has 23 heavy (non-hydrogen) atoms. The summed E-state index contributed by atoms with van der Waals surface area (Å²) in [6.45, 7) is 2.40. The van der Waals surface area contributed by atoms with Gasteiger partial charge in [-0.3, -0.25) is 10.2 Å². The number of carbonyl (C=O) groups excluding carboxylic acids is 1. The van der Waals surface area contributed by atoms with Crippen molar-refractivity contribution in [1.82, 2.24) is 4.98 Å². The number of aromatic nitrogens is 1. The van der Waals surface area contributed by atoms with Crippen LogP contribution in [0.2, 0.25) is 5.02 Å². The number of thiazole rings is 1. The van der Waals surface area contributed by atoms with Crippen LogP contribution in [-0.4, -0.2) is 30.0 Å². The van der Waals surface area contributed by atoms with Gasteiger partial charge in [0.15, 0.2) is 16.8 Å². The standard InChI is InChI=1S/C14H14ClN5O2S/c1-7(21)20-2-3-22-12-9(4-8(15)5-11(12)20)10-6-23-14(18-10)19-13(16)17/h4-6H,2-3H2,1H3,(H4,16,17,18,19). The molecular formula is C14H14ClN5O2S. The largest absolute Gasteiger partial charge is 0.489 e. The lowest BCUT2D eigenvalue weighted by atomic mass is 10.1. The average Bonchev–Trinajstić information content (AvgIpc) is 2.93. The number of carbonyl (C=O) groups is 1. The third-order valence-electron chi connectivity index (χ3n) is 3.29. The highest BCUT2D eigenvalue weighted by Crippen LogP contribution is 2.43. The number of halogens is 1. The van der Waals surface area contributed by atoms with Crippen molar-refractivity contribution < 1.29 is 9.53 Å². The van der Waals surface area contributed by atoms with Gasteiger partial charge in [0.05, 0.1) is 17.9 Å². The SMILES string of the molecule is CC(=O)N1CCOc2c(-c3csc(NC(=N)N)n3)cc(Cl)cc21. The number of nitrogens with two attached hydrogens (primary N) is 1. The van der Waals surface area contributed by atoms with Gasteiger partial charge >= 0.3 is 0 Å². The number of fused-ring (bicyclic) bond motifs is 1. The summed E-state index contributed by atoms with van der Waals surface area (Å²) in [5.41, 5.74) is 7.29. The average molecular weight is 352 g/mol. The van der Waals surface area contributed by atoms with Gasteiger partial charge in [0, 0.05) is 22.9 Å². The van der Waals surface area contributed by atoms with Gasteiger partial charge in [-0.05, 0) is 12.1 Å². The summed E-state index contributed by atoms with van der Waals surface area (Å²) < 4.78 is 5.76. The Labute approximate surface area is 141 Å². The Morgan fingerprint density at radius 1 is 1.57 bits per heavy atom. The van der Waals surface area contributed by atoms with E-state index in [-0.39, 0.29) is 11.9 Å². The second-order valence-electron chi connectivity index (χ2n) is 4.90. The molecule has 1 aliphatic rings. The molecule has 0 saturated heterocycles. The van der Waals surface area contributed by atoms with E-state index in [2.05, 4.69) is 10.3 Å².